The number of carbonyl (C=O) groups excluding carboxylic acids is 1. The van der Waals surface area contributed by atoms with E-state index in [1.807, 2.05) is 6.07 Å². The van der Waals surface area contributed by atoms with Gasteiger partial charge in [-0.1, -0.05) is 26.0 Å². The van der Waals surface area contributed by atoms with E-state index in [9.17, 15) is 23.4 Å². The van der Waals surface area contributed by atoms with E-state index in [0.29, 0.717) is 25.4 Å². The van der Waals surface area contributed by atoms with Crippen LogP contribution in [0.1, 0.15) is 49.0 Å². The Hall–Kier alpha value is -3.18. The highest BCUT2D eigenvalue weighted by molar-refractivity contribution is 7.87. The Balaban J connectivity index is 1.27. The van der Waals surface area contributed by atoms with Crippen molar-refractivity contribution in [3.05, 3.63) is 29.3 Å². The Labute approximate surface area is 238 Å². The number of benzene rings is 1. The van der Waals surface area contributed by atoms with E-state index in [1.54, 1.807) is 12.1 Å². The molecule has 5 aliphatic heterocycles. The van der Waals surface area contributed by atoms with Crippen LogP contribution in [0.25, 0.3) is 0 Å². The quantitative estimate of drug-likeness (QED) is 0.172. The third-order valence-corrected chi connectivity index (χ3v) is 10.5. The zero-order valence-electron chi connectivity index (χ0n) is 23.0. The number of aliphatic hydroxyl groups is 2. The van der Waals surface area contributed by atoms with Gasteiger partial charge in [0.05, 0.1) is 18.2 Å². The van der Waals surface area contributed by atoms with Gasteiger partial charge in [0.2, 0.25) is 5.79 Å². The summed E-state index contributed by atoms with van der Waals surface area (Å²) in [6.45, 7) is 5.12. The first-order valence-corrected chi connectivity index (χ1v) is 15.2. The molecule has 2 fully saturated rings. The van der Waals surface area contributed by atoms with Crippen molar-refractivity contribution in [2.24, 2.45) is 21.5 Å². The summed E-state index contributed by atoms with van der Waals surface area (Å²) < 4.78 is 35.4. The molecule has 1 spiro atoms. The lowest BCUT2D eigenvalue weighted by Crippen LogP contribution is -2.78. The van der Waals surface area contributed by atoms with Gasteiger partial charge >= 0.3 is 0 Å². The molecular weight excluding hydrogens is 554 g/mol. The van der Waals surface area contributed by atoms with Crippen LogP contribution in [0.15, 0.2) is 28.2 Å². The molecule has 0 unspecified atom stereocenters. The molecule has 1 amide bonds. The van der Waals surface area contributed by atoms with Gasteiger partial charge in [-0.25, -0.2) is 9.98 Å². The Morgan fingerprint density at radius 2 is 1.95 bits per heavy atom. The molecule has 1 aromatic rings. The minimum absolute atomic E-state index is 0.0737. The highest BCUT2D eigenvalue weighted by atomic mass is 32.2. The summed E-state index contributed by atoms with van der Waals surface area (Å²) in [4.78, 5) is 23.8. The van der Waals surface area contributed by atoms with E-state index in [2.05, 4.69) is 39.2 Å². The van der Waals surface area contributed by atoms with E-state index in [0.717, 1.165) is 24.8 Å². The predicted octanol–water partition coefficient (Wildman–Crippen LogP) is -2.55. The van der Waals surface area contributed by atoms with Crippen molar-refractivity contribution < 1.29 is 28.2 Å². The molecule has 0 aromatic heterocycles. The first-order valence-electron chi connectivity index (χ1n) is 13.8. The van der Waals surface area contributed by atoms with Crippen molar-refractivity contribution in [2.45, 2.75) is 68.1 Å². The van der Waals surface area contributed by atoms with E-state index in [4.69, 9.17) is 16.2 Å². The summed E-state index contributed by atoms with van der Waals surface area (Å²) in [5.74, 6) is -2.91. The van der Waals surface area contributed by atoms with Crippen molar-refractivity contribution in [3.8, 4) is 5.75 Å². The van der Waals surface area contributed by atoms with Crippen molar-refractivity contribution >= 4 is 28.0 Å². The summed E-state index contributed by atoms with van der Waals surface area (Å²) >= 11 is 0. The van der Waals surface area contributed by atoms with Crippen LogP contribution in [0.4, 0.5) is 0 Å². The maximum atomic E-state index is 13.6. The van der Waals surface area contributed by atoms with Gasteiger partial charge in [-0.3, -0.25) is 4.79 Å². The largest absolute Gasteiger partial charge is 0.492 e. The average Bonchev–Trinajstić information content (AvgIpc) is 3.62. The molecule has 1 aromatic carbocycles. The summed E-state index contributed by atoms with van der Waals surface area (Å²) in [6.07, 6.45) is 2.35. The lowest BCUT2D eigenvalue weighted by molar-refractivity contribution is -0.230. The number of fused-ring (bicyclic) bond motifs is 1. The molecule has 0 aliphatic carbocycles. The fraction of sp³-hybridized carbons (Fsp3) is 0.640. The third kappa shape index (κ3) is 4.22. The molecule has 41 heavy (non-hydrogen) atoms. The number of para-hydroxylation sites is 1. The van der Waals surface area contributed by atoms with Crippen LogP contribution in [0.2, 0.25) is 0 Å². The lowest BCUT2D eigenvalue weighted by Gasteiger charge is -2.49. The van der Waals surface area contributed by atoms with Gasteiger partial charge in [0, 0.05) is 31.7 Å². The number of rotatable bonds is 6. The molecule has 224 valence electrons. The van der Waals surface area contributed by atoms with Crippen molar-refractivity contribution in [2.75, 3.05) is 32.8 Å². The number of nitrogens with two attached hydrogens (primary N) is 2. The van der Waals surface area contributed by atoms with Gasteiger partial charge in [0.1, 0.15) is 17.8 Å². The fourth-order valence-electron chi connectivity index (χ4n) is 6.65. The predicted molar refractivity (Wildman–Crippen MR) is 149 cm³/mol. The van der Waals surface area contributed by atoms with E-state index >= 15 is 0 Å². The van der Waals surface area contributed by atoms with E-state index in [-0.39, 0.29) is 36.0 Å². The number of guanidine groups is 2. The maximum Gasteiger partial charge on any atom is 0.279 e. The second-order valence-electron chi connectivity index (χ2n) is 11.9. The second kappa shape index (κ2) is 9.42. The molecule has 0 saturated carbocycles. The number of carbonyl (C=O) groups is 1. The first kappa shape index (κ1) is 28.0. The Kier molecular flexibility index (Phi) is 6.42. The molecule has 15 nitrogen and oxygen atoms in total. The number of hydrogen-bond acceptors (Lipinski definition) is 12. The minimum Gasteiger partial charge on any atom is -0.492 e. The molecule has 16 heteroatoms. The van der Waals surface area contributed by atoms with Gasteiger partial charge in [0.25, 0.3) is 16.1 Å². The van der Waals surface area contributed by atoms with Crippen molar-refractivity contribution in [1.82, 2.24) is 24.6 Å². The van der Waals surface area contributed by atoms with Gasteiger partial charge < -0.3 is 42.0 Å². The van der Waals surface area contributed by atoms with Crippen molar-refractivity contribution in [1.29, 1.82) is 0 Å². The molecule has 4 atom stereocenters. The average molecular weight is 592 g/mol. The number of aliphatic imine (C=N–C) groups is 2. The molecule has 6 rings (SSSR count). The minimum atomic E-state index is -3.78. The Morgan fingerprint density at radius 1 is 1.22 bits per heavy atom. The zero-order valence-corrected chi connectivity index (χ0v) is 23.8. The smallest absolute Gasteiger partial charge is 0.279 e. The number of nitrogens with one attached hydrogen (secondary N) is 3. The molecular formula is C25H37N9O6S. The second-order valence-corrected chi connectivity index (χ2v) is 13.6. The standard InChI is InChI=1S/C25H37N9O6S/c1-23(2)8-11-40-18-14(6-5-7-15(18)23)20(35)30-17-13-34-22(27)29-16(12-28-41(38,39)33-9-3-4-10-33)19-24(34,25(17,36)37)32-21(26)31-19/h5-7,16-17,19,28,36-37H,3-4,8-13H2,1-2H3,(H2,27,29)(H,30,35)(H3,26,31,32)/t16-,17-,19-,24-/m0/s1. The Bertz CT molecular complexity index is 1420. The van der Waals surface area contributed by atoms with E-state index in [1.165, 1.54) is 9.21 Å². The normalized spacial score (nSPS) is 31.7. The van der Waals surface area contributed by atoms with Crippen molar-refractivity contribution in [3.63, 3.8) is 0 Å². The van der Waals surface area contributed by atoms with Crippen LogP contribution in [-0.2, 0) is 15.6 Å². The van der Waals surface area contributed by atoms with Crippen LogP contribution < -0.4 is 31.6 Å². The van der Waals surface area contributed by atoms with Gasteiger partial charge in [-0.2, -0.15) is 17.4 Å². The number of hydrogen-bond donors (Lipinski definition) is 7. The van der Waals surface area contributed by atoms with Gasteiger partial charge in [0.15, 0.2) is 17.6 Å². The fourth-order valence-corrected chi connectivity index (χ4v) is 7.95. The summed E-state index contributed by atoms with van der Waals surface area (Å²) in [5, 5.41) is 29.0. The SMILES string of the molecule is CC1(C)CCOc2c(C(=O)N[C@H]3CN4C(N)=N[C@@H](CNS(=O)(=O)N5CCCC5)[C@@H]5N=C(N)N[C@@]54C3(O)O)cccc21. The Morgan fingerprint density at radius 3 is 2.68 bits per heavy atom. The van der Waals surface area contributed by atoms with E-state index < -0.39 is 45.7 Å². The zero-order chi connectivity index (χ0) is 29.4. The van der Waals surface area contributed by atoms with Gasteiger partial charge in [-0.05, 0) is 30.7 Å². The first-order chi connectivity index (χ1) is 19.3. The third-order valence-electron chi connectivity index (χ3n) is 8.95. The maximum absolute atomic E-state index is 13.6. The molecule has 5 heterocycles. The molecule has 2 saturated heterocycles. The topological polar surface area (TPSA) is 220 Å². The van der Waals surface area contributed by atoms with Gasteiger partial charge in [-0.15, -0.1) is 0 Å². The van der Waals surface area contributed by atoms with Crippen LogP contribution in [0.3, 0.4) is 0 Å². The highest BCUT2D eigenvalue weighted by Gasteiger charge is 2.73. The molecule has 0 bridgehead atoms. The summed E-state index contributed by atoms with van der Waals surface area (Å²) in [5.41, 5.74) is 11.5. The van der Waals surface area contributed by atoms with Crippen LogP contribution >= 0.6 is 0 Å². The summed E-state index contributed by atoms with van der Waals surface area (Å²) in [7, 11) is -3.78. The number of ether oxygens (including phenoxy) is 1. The molecule has 9 N–H and O–H groups in total. The summed E-state index contributed by atoms with van der Waals surface area (Å²) in [6, 6.07) is 2.11. The monoisotopic (exact) mass is 591 g/mol. The van der Waals surface area contributed by atoms with Crippen LogP contribution in [0.5, 0.6) is 5.75 Å². The lowest BCUT2D eigenvalue weighted by atomic mass is 9.79. The highest BCUT2D eigenvalue weighted by Crippen LogP contribution is 2.45. The number of nitrogens with zero attached hydrogens (tertiary/aromatic N) is 4. The van der Waals surface area contributed by atoms with Crippen LogP contribution in [-0.4, -0.2) is 108 Å². The molecule has 0 radical (unpaired) electrons. The van der Waals surface area contributed by atoms with Crippen LogP contribution in [0, 0.1) is 0 Å². The molecule has 5 aliphatic rings. The number of amides is 1.